The Hall–Kier alpha value is -4.09. The maximum atomic E-state index is 12.5. The third-order valence-corrected chi connectivity index (χ3v) is 5.46. The molecule has 0 atom stereocenters. The first-order valence-corrected chi connectivity index (χ1v) is 11.5. The van der Waals surface area contributed by atoms with Crippen molar-refractivity contribution >= 4 is 39.5 Å². The fraction of sp³-hybridized carbons (Fsp3) is 0.148. The van der Waals surface area contributed by atoms with Crippen LogP contribution in [0.25, 0.3) is 6.08 Å². The van der Waals surface area contributed by atoms with Crippen molar-refractivity contribution < 1.29 is 19.1 Å². The number of halogens is 1. The van der Waals surface area contributed by atoms with Crippen molar-refractivity contribution in [3.8, 4) is 17.6 Å². The Balaban J connectivity index is 1.69. The zero-order valence-corrected chi connectivity index (χ0v) is 20.9. The summed E-state index contributed by atoms with van der Waals surface area (Å²) >= 11 is 3.43. The van der Waals surface area contributed by atoms with E-state index in [0.717, 1.165) is 11.1 Å². The second-order valence-corrected chi connectivity index (χ2v) is 8.43. The van der Waals surface area contributed by atoms with Crippen LogP contribution in [-0.4, -0.2) is 25.5 Å². The van der Waals surface area contributed by atoms with Crippen molar-refractivity contribution in [3.05, 3.63) is 93.5 Å². The Morgan fingerprint density at radius 3 is 2.54 bits per heavy atom. The van der Waals surface area contributed by atoms with Gasteiger partial charge >= 0.3 is 0 Å². The van der Waals surface area contributed by atoms with Gasteiger partial charge in [0.2, 0.25) is 0 Å². The quantitative estimate of drug-likeness (QED) is 0.297. The number of hydrogen-bond acceptors (Lipinski definition) is 5. The van der Waals surface area contributed by atoms with E-state index in [2.05, 4.69) is 26.6 Å². The molecule has 0 radical (unpaired) electrons. The van der Waals surface area contributed by atoms with Crippen molar-refractivity contribution in [2.75, 3.05) is 19.0 Å². The molecule has 0 aliphatic heterocycles. The number of aryl methyl sites for hydroxylation is 1. The number of anilines is 1. The molecule has 35 heavy (non-hydrogen) atoms. The third kappa shape index (κ3) is 7.45. The van der Waals surface area contributed by atoms with E-state index in [-0.39, 0.29) is 18.1 Å². The highest BCUT2D eigenvalue weighted by Gasteiger charge is 2.15. The maximum absolute atomic E-state index is 12.5. The van der Waals surface area contributed by atoms with Gasteiger partial charge in [0, 0.05) is 12.2 Å². The van der Waals surface area contributed by atoms with Crippen molar-refractivity contribution in [1.29, 1.82) is 5.26 Å². The zero-order chi connectivity index (χ0) is 25.2. The summed E-state index contributed by atoms with van der Waals surface area (Å²) in [6.07, 6.45) is 1.46. The zero-order valence-electron chi connectivity index (χ0n) is 19.3. The van der Waals surface area contributed by atoms with Gasteiger partial charge in [-0.15, -0.1) is 0 Å². The maximum Gasteiger partial charge on any atom is 0.262 e. The Kier molecular flexibility index (Phi) is 9.04. The summed E-state index contributed by atoms with van der Waals surface area (Å²) in [5, 5.41) is 15.0. The summed E-state index contributed by atoms with van der Waals surface area (Å²) in [5.74, 6) is -0.137. The molecule has 7 nitrogen and oxygen atoms in total. The molecule has 0 unspecified atom stereocenters. The number of hydrogen-bond donors (Lipinski definition) is 2. The lowest BCUT2D eigenvalue weighted by Gasteiger charge is -2.14. The Morgan fingerprint density at radius 1 is 1.09 bits per heavy atom. The van der Waals surface area contributed by atoms with Gasteiger partial charge in [-0.05, 0) is 69.9 Å². The first kappa shape index (κ1) is 25.5. The first-order valence-electron chi connectivity index (χ1n) is 10.7. The number of nitrogens with zero attached hydrogens (tertiary/aromatic N) is 1. The number of carbonyl (C=O) groups excluding carboxylic acids is 2. The van der Waals surface area contributed by atoms with Gasteiger partial charge in [-0.3, -0.25) is 9.59 Å². The molecule has 0 bridgehead atoms. The molecule has 2 N–H and O–H groups in total. The molecular weight excluding hydrogens is 510 g/mol. The minimum atomic E-state index is -0.486. The second kappa shape index (κ2) is 12.4. The van der Waals surface area contributed by atoms with Gasteiger partial charge in [0.15, 0.2) is 18.1 Å². The van der Waals surface area contributed by atoms with Gasteiger partial charge in [-0.1, -0.05) is 42.5 Å². The molecule has 0 fully saturated rings. The minimum absolute atomic E-state index is 0.0546. The van der Waals surface area contributed by atoms with Crippen LogP contribution in [0.5, 0.6) is 11.5 Å². The topological polar surface area (TPSA) is 100 Å². The minimum Gasteiger partial charge on any atom is -0.493 e. The van der Waals surface area contributed by atoms with Gasteiger partial charge in [0.25, 0.3) is 11.8 Å². The summed E-state index contributed by atoms with van der Waals surface area (Å²) in [6.45, 7) is 2.02. The predicted molar refractivity (Wildman–Crippen MR) is 138 cm³/mol. The SMILES string of the molecule is COc1cc(/C=C(\C#N)C(=O)NCc2ccccc2)cc(Br)c1OCC(=O)Nc1cccc(C)c1. The molecule has 0 saturated carbocycles. The molecule has 0 heterocycles. The lowest BCUT2D eigenvalue weighted by Crippen LogP contribution is -2.23. The third-order valence-electron chi connectivity index (χ3n) is 4.87. The molecule has 178 valence electrons. The lowest BCUT2D eigenvalue weighted by molar-refractivity contribution is -0.118. The Bertz CT molecular complexity index is 1280. The molecule has 0 spiro atoms. The molecule has 0 aliphatic carbocycles. The predicted octanol–water partition coefficient (Wildman–Crippen LogP) is 5.01. The number of ether oxygens (including phenoxy) is 2. The van der Waals surface area contributed by atoms with Gasteiger partial charge in [-0.2, -0.15) is 5.26 Å². The Labute approximate surface area is 212 Å². The highest BCUT2D eigenvalue weighted by Crippen LogP contribution is 2.37. The van der Waals surface area contributed by atoms with Crippen molar-refractivity contribution in [2.24, 2.45) is 0 Å². The van der Waals surface area contributed by atoms with Crippen LogP contribution in [0.2, 0.25) is 0 Å². The Morgan fingerprint density at radius 2 is 1.86 bits per heavy atom. The molecular formula is C27H24BrN3O4. The second-order valence-electron chi connectivity index (χ2n) is 7.58. The van der Waals surface area contributed by atoms with E-state index < -0.39 is 5.91 Å². The fourth-order valence-electron chi connectivity index (χ4n) is 3.21. The van der Waals surface area contributed by atoms with Crippen LogP contribution < -0.4 is 20.1 Å². The number of benzene rings is 3. The molecule has 3 aromatic rings. The van der Waals surface area contributed by atoms with E-state index in [9.17, 15) is 14.9 Å². The van der Waals surface area contributed by atoms with Gasteiger partial charge in [0.05, 0.1) is 11.6 Å². The number of rotatable bonds is 9. The van der Waals surface area contributed by atoms with E-state index in [1.165, 1.54) is 13.2 Å². The molecule has 0 aromatic heterocycles. The van der Waals surface area contributed by atoms with E-state index in [4.69, 9.17) is 9.47 Å². The normalized spacial score (nSPS) is 10.7. The standard InChI is InChI=1S/C27H24BrN3O4/c1-18-7-6-10-22(11-18)31-25(32)17-35-26-23(28)13-20(14-24(26)34-2)12-21(15-29)27(33)30-16-19-8-4-3-5-9-19/h3-14H,16-17H2,1-2H3,(H,30,33)(H,31,32)/b21-12+. The average Bonchev–Trinajstić information content (AvgIpc) is 2.85. The molecule has 8 heteroatoms. The number of nitrogens with one attached hydrogen (secondary N) is 2. The van der Waals surface area contributed by atoms with Gasteiger partial charge < -0.3 is 20.1 Å². The van der Waals surface area contributed by atoms with E-state index in [1.54, 1.807) is 18.2 Å². The number of amides is 2. The molecule has 2 amide bonds. The van der Waals surface area contributed by atoms with Crippen LogP contribution in [0.15, 0.2) is 76.8 Å². The van der Waals surface area contributed by atoms with Crippen LogP contribution in [0.3, 0.4) is 0 Å². The van der Waals surface area contributed by atoms with Crippen LogP contribution in [0.4, 0.5) is 5.69 Å². The summed E-state index contributed by atoms with van der Waals surface area (Å²) in [6, 6.07) is 22.1. The van der Waals surface area contributed by atoms with Crippen LogP contribution in [0.1, 0.15) is 16.7 Å². The van der Waals surface area contributed by atoms with E-state index >= 15 is 0 Å². The molecule has 3 rings (SSSR count). The monoisotopic (exact) mass is 533 g/mol. The highest BCUT2D eigenvalue weighted by atomic mass is 79.9. The van der Waals surface area contributed by atoms with Crippen LogP contribution >= 0.6 is 15.9 Å². The molecule has 3 aromatic carbocycles. The van der Waals surface area contributed by atoms with Crippen molar-refractivity contribution in [2.45, 2.75) is 13.5 Å². The molecule has 0 aliphatic rings. The first-order chi connectivity index (χ1) is 16.9. The van der Waals surface area contributed by atoms with Crippen LogP contribution in [0, 0.1) is 18.3 Å². The summed E-state index contributed by atoms with van der Waals surface area (Å²) in [7, 11) is 1.46. The number of methoxy groups -OCH3 is 1. The van der Waals surface area contributed by atoms with Gasteiger partial charge in [-0.25, -0.2) is 0 Å². The van der Waals surface area contributed by atoms with E-state index in [1.807, 2.05) is 61.5 Å². The molecule has 0 saturated heterocycles. The highest BCUT2D eigenvalue weighted by molar-refractivity contribution is 9.10. The van der Waals surface area contributed by atoms with Crippen LogP contribution in [-0.2, 0) is 16.1 Å². The summed E-state index contributed by atoms with van der Waals surface area (Å²) < 4.78 is 11.6. The number of nitriles is 1. The smallest absolute Gasteiger partial charge is 0.262 e. The fourth-order valence-corrected chi connectivity index (χ4v) is 3.78. The van der Waals surface area contributed by atoms with Crippen molar-refractivity contribution in [1.82, 2.24) is 5.32 Å². The van der Waals surface area contributed by atoms with Crippen molar-refractivity contribution in [3.63, 3.8) is 0 Å². The summed E-state index contributed by atoms with van der Waals surface area (Å²) in [5.41, 5.74) is 3.13. The lowest BCUT2D eigenvalue weighted by atomic mass is 10.1. The largest absolute Gasteiger partial charge is 0.493 e. The average molecular weight is 534 g/mol. The number of carbonyl (C=O) groups is 2. The summed E-state index contributed by atoms with van der Waals surface area (Å²) in [4.78, 5) is 24.8. The van der Waals surface area contributed by atoms with E-state index in [0.29, 0.717) is 33.8 Å². The van der Waals surface area contributed by atoms with Gasteiger partial charge in [0.1, 0.15) is 11.6 Å².